The number of benzene rings is 8. The van der Waals surface area contributed by atoms with Crippen LogP contribution in [0.15, 0.2) is 253 Å². The summed E-state index contributed by atoms with van der Waals surface area (Å²) in [5.74, 6) is 0.355. The second-order valence-corrected chi connectivity index (χ2v) is 46.8. The molecule has 5 N–H and O–H groups in total. The van der Waals surface area contributed by atoms with Gasteiger partial charge >= 0.3 is 0 Å². The number of amides is 2. The number of Topliss-reactive ketones (excluding diaryl/α,β-unsaturated/α-hetero) is 1. The number of rotatable bonds is 29. The number of ketones is 1. The maximum absolute atomic E-state index is 12.5. The molecule has 2 heterocycles. The summed E-state index contributed by atoms with van der Waals surface area (Å²) in [5.41, 5.74) is 9.61. The zero-order valence-electron chi connectivity index (χ0n) is 78.8. The topological polar surface area (TPSA) is 376 Å². The predicted molar refractivity (Wildman–Crippen MR) is 521 cm³/mol. The Balaban J connectivity index is 0.000000266. The van der Waals surface area contributed by atoms with E-state index in [1.807, 2.05) is 169 Å². The SMILES string of the molecule is CC(=O)NCCNS(=O)(=O)c1ccc(C)cc1.CCCCN(C)S(=O)(=O)c1ccc(C)cc1.CCCN(CC1CC1)S(=O)(=O)c1ccc(C)cc1.CNC(=O)c1ccc(C)cc1.Cc1ccc(S(=O)(=O)N(C)C2CCCCC2)cc1.Cc1ccc(S(=O)(=O)N2CCCC(=O)C2)cc1.Cc1ccc(S(=O)(=O)NC(C)(C)C)cc1.Cc1ccc(S(=O)(=O)NCCc2ccccn2)cc1. The largest absolute Gasteiger partial charge is 0.355 e. The molecule has 0 bridgehead atoms. The van der Waals surface area contributed by atoms with E-state index in [9.17, 15) is 73.3 Å². The number of nitrogens with one attached hydrogen (secondary N) is 5. The number of hydrogen-bond acceptors (Lipinski definition) is 18. The first-order chi connectivity index (χ1) is 61.5. The van der Waals surface area contributed by atoms with Gasteiger partial charge in [-0.25, -0.2) is 77.4 Å². The van der Waals surface area contributed by atoms with Crippen molar-refractivity contribution in [2.45, 2.75) is 226 Å². The van der Waals surface area contributed by atoms with Crippen LogP contribution in [-0.2, 0) is 86.2 Å². The van der Waals surface area contributed by atoms with Gasteiger partial charge in [-0.2, -0.15) is 12.9 Å². The normalized spacial score (nSPS) is 13.9. The van der Waals surface area contributed by atoms with Crippen LogP contribution in [0, 0.1) is 61.3 Å². The van der Waals surface area contributed by atoms with Gasteiger partial charge in [0.25, 0.3) is 5.91 Å². The molecule has 34 heteroatoms. The van der Waals surface area contributed by atoms with Crippen molar-refractivity contribution in [1.29, 1.82) is 0 Å². The predicted octanol–water partition coefficient (Wildman–Crippen LogP) is 15.3. The minimum Gasteiger partial charge on any atom is -0.355 e. The number of pyridine rings is 1. The molecular weight excluding hydrogens is 1800 g/mol. The first kappa shape index (κ1) is 112. The molecule has 3 fully saturated rings. The van der Waals surface area contributed by atoms with Crippen LogP contribution in [0.25, 0.3) is 0 Å². The molecule has 12 rings (SSSR count). The van der Waals surface area contributed by atoms with Gasteiger partial charge in [0.2, 0.25) is 76.1 Å². The van der Waals surface area contributed by atoms with Crippen LogP contribution in [0.3, 0.4) is 0 Å². The highest BCUT2D eigenvalue weighted by Gasteiger charge is 2.33. The third kappa shape index (κ3) is 39.5. The Kier molecular flexibility index (Phi) is 46.1. The van der Waals surface area contributed by atoms with Gasteiger partial charge in [-0.3, -0.25) is 19.4 Å². The van der Waals surface area contributed by atoms with Gasteiger partial charge in [0, 0.05) is 116 Å². The Labute approximate surface area is 782 Å². The second kappa shape index (κ2) is 53.7. The van der Waals surface area contributed by atoms with E-state index in [0.717, 1.165) is 95.1 Å². The third-order valence-electron chi connectivity index (χ3n) is 20.7. The van der Waals surface area contributed by atoms with E-state index in [-0.39, 0.29) is 53.1 Å². The Hall–Kier alpha value is -9.11. The lowest BCUT2D eigenvalue weighted by Crippen LogP contribution is -2.40. The Bertz CT molecular complexity index is 5880. The molecule has 0 spiro atoms. The fraction of sp³-hybridized carbons (Fsp3) is 0.423. The molecule has 1 aromatic heterocycles. The summed E-state index contributed by atoms with van der Waals surface area (Å²) in [6.07, 6.45) is 13.9. The lowest BCUT2D eigenvalue weighted by atomic mass is 9.96. The number of unbranched alkanes of at least 4 members (excludes halogenated alkanes) is 1. The maximum Gasteiger partial charge on any atom is 0.251 e. The minimum atomic E-state index is -3.50. The van der Waals surface area contributed by atoms with Crippen molar-refractivity contribution < 1.29 is 73.3 Å². The van der Waals surface area contributed by atoms with Crippen molar-refractivity contribution in [2.75, 3.05) is 73.5 Å². The number of piperidine rings is 1. The fourth-order valence-electron chi connectivity index (χ4n) is 12.7. The van der Waals surface area contributed by atoms with Crippen molar-refractivity contribution in [2.24, 2.45) is 5.92 Å². The van der Waals surface area contributed by atoms with E-state index in [2.05, 4.69) is 29.8 Å². The molecule has 1 aliphatic heterocycles. The van der Waals surface area contributed by atoms with Crippen LogP contribution >= 0.6 is 0 Å². The van der Waals surface area contributed by atoms with Gasteiger partial charge in [-0.1, -0.05) is 187 Å². The van der Waals surface area contributed by atoms with Crippen molar-refractivity contribution in [3.8, 4) is 0 Å². The van der Waals surface area contributed by atoms with Crippen LogP contribution in [-0.4, -0.2) is 184 Å². The molecule has 27 nitrogen and oxygen atoms in total. The number of aryl methyl sites for hydroxylation is 8. The van der Waals surface area contributed by atoms with Gasteiger partial charge in [0.15, 0.2) is 0 Å². The summed E-state index contributed by atoms with van der Waals surface area (Å²) >= 11 is 0. The summed E-state index contributed by atoms with van der Waals surface area (Å²) in [6.45, 7) is 29.5. The molecule has 1 saturated heterocycles. The molecule has 0 atom stereocenters. The van der Waals surface area contributed by atoms with Crippen LogP contribution in [0.4, 0.5) is 0 Å². The summed E-state index contributed by atoms with van der Waals surface area (Å²) in [7, 11) is -18.7. The molecule has 0 unspecified atom stereocenters. The van der Waals surface area contributed by atoms with Crippen LogP contribution in [0.5, 0.6) is 0 Å². The molecule has 2 saturated carbocycles. The number of hydrogen-bond donors (Lipinski definition) is 5. The average molecular weight is 1940 g/mol. The fourth-order valence-corrected chi connectivity index (χ4v) is 21.9. The van der Waals surface area contributed by atoms with Crippen LogP contribution < -0.4 is 24.8 Å². The molecule has 718 valence electrons. The molecule has 2 amide bonds. The maximum atomic E-state index is 12.5. The van der Waals surface area contributed by atoms with E-state index >= 15 is 0 Å². The van der Waals surface area contributed by atoms with Crippen molar-refractivity contribution >= 4 is 87.8 Å². The zero-order chi connectivity index (χ0) is 97.6. The quantitative estimate of drug-likeness (QED) is 0.0272. The van der Waals surface area contributed by atoms with Crippen LogP contribution in [0.2, 0.25) is 0 Å². The smallest absolute Gasteiger partial charge is 0.251 e. The molecule has 0 radical (unpaired) electrons. The zero-order valence-corrected chi connectivity index (χ0v) is 84.5. The highest BCUT2D eigenvalue weighted by molar-refractivity contribution is 7.91. The molecule has 131 heavy (non-hydrogen) atoms. The van der Waals surface area contributed by atoms with Crippen molar-refractivity contribution in [1.82, 2.24) is 47.0 Å². The van der Waals surface area contributed by atoms with E-state index in [4.69, 9.17) is 0 Å². The summed E-state index contributed by atoms with van der Waals surface area (Å²) in [4.78, 5) is 39.3. The monoisotopic (exact) mass is 1940 g/mol. The van der Waals surface area contributed by atoms with Crippen molar-refractivity contribution in [3.63, 3.8) is 0 Å². The number of aromatic nitrogens is 1. The van der Waals surface area contributed by atoms with E-state index in [1.54, 1.807) is 169 Å². The molecular formula is C97H136N10O17S7. The lowest BCUT2D eigenvalue weighted by Gasteiger charge is -2.30. The van der Waals surface area contributed by atoms with Crippen LogP contribution in [0.1, 0.15) is 179 Å². The highest BCUT2D eigenvalue weighted by Crippen LogP contribution is 2.33. The third-order valence-corrected chi connectivity index (χ3v) is 32.9. The summed E-state index contributed by atoms with van der Waals surface area (Å²) in [5, 5.41) is 5.07. The standard InChI is InChI=1S/C14H16N2O2S.2C14H21NO2S.C12H15NO3S.C12H19NO2S.C11H16N2O3S.C11H17NO2S.C9H11NO/c1-12-5-7-14(8-6-12)19(17,18)16-11-9-13-4-2-3-10-15-13;1-12-8-10-14(11-9-12)18(16,17)15(2)13-6-4-3-5-7-13;1-3-10-15(11-13-6-7-13)18(16,17)14-8-4-12(2)5-9-14;1-10-4-6-12(7-5-10)17(15,16)13-8-2-3-11(14)9-13;1-4-5-10-13(3)16(14,15)12-8-6-11(2)7-9-12;1-9-3-5-11(6-4-9)17(15,16)13-8-7-12-10(2)14;1-9-5-7-10(8-6-9)15(13,14)12-11(2,3)4;1-7-3-5-8(6-4-7)9(11)10-2/h2-8,10,16H,9,11H2,1H3;8-11,13H,3-7H2,1-2H3;4-5,8-9,13H,3,6-7,10-11H2,1-2H3;4-7H,2-3,8-9H2,1H3;6-9H,4-5,10H2,1-3H3;3-6,13H,7-8H2,1-2H3,(H,12,14);5-8,12H,1-4H3;3-6H,1-2H3,(H,10,11). The minimum absolute atomic E-state index is 0.00747. The van der Waals surface area contributed by atoms with Gasteiger partial charge in [0.1, 0.15) is 5.78 Å². The highest BCUT2D eigenvalue weighted by atomic mass is 32.2. The summed E-state index contributed by atoms with van der Waals surface area (Å²) in [6, 6.07) is 61.3. The van der Waals surface area contributed by atoms with E-state index in [1.165, 1.54) is 34.8 Å². The molecule has 2 aliphatic carbocycles. The van der Waals surface area contributed by atoms with E-state index in [0.29, 0.717) is 87.9 Å². The van der Waals surface area contributed by atoms with Gasteiger partial charge in [-0.05, 0) is 236 Å². The van der Waals surface area contributed by atoms with Gasteiger partial charge < -0.3 is 10.6 Å². The summed E-state index contributed by atoms with van der Waals surface area (Å²) < 4.78 is 183. The molecule has 8 aromatic carbocycles. The number of carbonyl (C=O) groups is 3. The Morgan fingerprint density at radius 2 is 0.847 bits per heavy atom. The van der Waals surface area contributed by atoms with Crippen molar-refractivity contribution in [3.05, 3.63) is 274 Å². The second-order valence-electron chi connectivity index (χ2n) is 33.6. The van der Waals surface area contributed by atoms with Gasteiger partial charge in [-0.15, -0.1) is 0 Å². The average Bonchev–Trinajstić information content (AvgIpc) is 1.45. The number of nitrogens with zero attached hydrogens (tertiary/aromatic N) is 5. The Morgan fingerprint density at radius 1 is 0.450 bits per heavy atom. The lowest BCUT2D eigenvalue weighted by molar-refractivity contribution is -0.121. The number of sulfonamides is 7. The first-order valence-corrected chi connectivity index (χ1v) is 54.1. The molecule has 3 aliphatic rings. The van der Waals surface area contributed by atoms with Gasteiger partial charge in [0.05, 0.1) is 40.8 Å². The number of carbonyl (C=O) groups excluding carboxylic acids is 3. The van der Waals surface area contributed by atoms with E-state index < -0.39 is 75.7 Å². The Morgan fingerprint density at radius 3 is 1.23 bits per heavy atom. The molecule has 9 aromatic rings. The first-order valence-electron chi connectivity index (χ1n) is 43.9.